The molecule has 0 radical (unpaired) electrons. The van der Waals surface area contributed by atoms with Crippen LogP contribution >= 0.6 is 11.3 Å². The van der Waals surface area contributed by atoms with Gasteiger partial charge >= 0.3 is 0 Å². The number of carbonyl (C=O) groups excluding carboxylic acids is 4. The minimum atomic E-state index is -0.990. The van der Waals surface area contributed by atoms with Crippen LogP contribution in [0.4, 0.5) is 5.13 Å². The lowest BCUT2D eigenvalue weighted by atomic mass is 9.94. The highest BCUT2D eigenvalue weighted by molar-refractivity contribution is 7.15. The van der Waals surface area contributed by atoms with E-state index in [-0.39, 0.29) is 24.5 Å². The molecular formula is C33H43N5O6S. The van der Waals surface area contributed by atoms with E-state index in [2.05, 4.69) is 31.9 Å². The number of rotatable bonds is 15. The first-order valence-corrected chi connectivity index (χ1v) is 16.5. The second-order valence-corrected chi connectivity index (χ2v) is 13.4. The average molecular weight is 638 g/mol. The van der Waals surface area contributed by atoms with Crippen LogP contribution in [0, 0.1) is 0 Å². The highest BCUT2D eigenvalue weighted by Gasteiger charge is 2.50. The average Bonchev–Trinajstić information content (AvgIpc) is 3.50. The maximum absolute atomic E-state index is 13.8. The van der Waals surface area contributed by atoms with Crippen LogP contribution in [-0.4, -0.2) is 79.0 Å². The van der Waals surface area contributed by atoms with Crippen LogP contribution in [0.25, 0.3) is 0 Å². The van der Waals surface area contributed by atoms with E-state index in [1.807, 2.05) is 12.1 Å². The molecule has 3 aliphatic rings. The molecule has 2 aliphatic heterocycles. The van der Waals surface area contributed by atoms with Gasteiger partial charge in [0.1, 0.15) is 23.4 Å². The van der Waals surface area contributed by atoms with Gasteiger partial charge in [0.25, 0.3) is 0 Å². The molecule has 2 aromatic rings. The van der Waals surface area contributed by atoms with Crippen molar-refractivity contribution in [1.29, 1.82) is 0 Å². The molecular weight excluding hydrogens is 594 g/mol. The summed E-state index contributed by atoms with van der Waals surface area (Å²) >= 11 is 1.49. The molecule has 0 unspecified atom stereocenters. The Morgan fingerprint density at radius 3 is 2.38 bits per heavy atom. The van der Waals surface area contributed by atoms with Crippen molar-refractivity contribution >= 4 is 40.0 Å². The summed E-state index contributed by atoms with van der Waals surface area (Å²) < 4.78 is 10.7. The van der Waals surface area contributed by atoms with Crippen molar-refractivity contribution in [3.63, 3.8) is 0 Å². The van der Waals surface area contributed by atoms with E-state index in [1.54, 1.807) is 39.3 Å². The molecule has 3 heterocycles. The summed E-state index contributed by atoms with van der Waals surface area (Å²) in [6.07, 6.45) is 9.70. The summed E-state index contributed by atoms with van der Waals surface area (Å²) in [6, 6.07) is 4.57. The van der Waals surface area contributed by atoms with E-state index in [0.717, 1.165) is 66.3 Å². The Labute approximate surface area is 268 Å². The third-order valence-electron chi connectivity index (χ3n) is 8.59. The van der Waals surface area contributed by atoms with Crippen molar-refractivity contribution in [2.45, 2.75) is 88.9 Å². The van der Waals surface area contributed by atoms with Crippen molar-refractivity contribution in [3.8, 4) is 5.75 Å². The van der Waals surface area contributed by atoms with Crippen molar-refractivity contribution in [2.24, 2.45) is 0 Å². The van der Waals surface area contributed by atoms with Gasteiger partial charge < -0.3 is 30.3 Å². The highest BCUT2D eigenvalue weighted by Crippen LogP contribution is 2.31. The summed E-state index contributed by atoms with van der Waals surface area (Å²) in [4.78, 5) is 60.8. The van der Waals surface area contributed by atoms with Crippen LogP contribution < -0.4 is 25.6 Å². The van der Waals surface area contributed by atoms with Crippen molar-refractivity contribution in [1.82, 2.24) is 20.9 Å². The minimum Gasteiger partial charge on any atom is -0.497 e. The van der Waals surface area contributed by atoms with Gasteiger partial charge in [-0.3, -0.25) is 19.2 Å². The molecule has 0 bridgehead atoms. The smallest absolute Gasteiger partial charge is 0.243 e. The van der Waals surface area contributed by atoms with Crippen molar-refractivity contribution in [2.75, 3.05) is 31.7 Å². The number of methoxy groups -OCH3 is 1. The zero-order chi connectivity index (χ0) is 32.0. The number of amides is 3. The summed E-state index contributed by atoms with van der Waals surface area (Å²) in [5.41, 5.74) is 1.03. The molecule has 1 aromatic heterocycles. The lowest BCUT2D eigenvalue weighted by Gasteiger charge is -2.25. The van der Waals surface area contributed by atoms with Gasteiger partial charge in [0.15, 0.2) is 10.9 Å². The van der Waals surface area contributed by atoms with Gasteiger partial charge in [-0.2, -0.15) is 0 Å². The fourth-order valence-electron chi connectivity index (χ4n) is 5.74. The zero-order valence-electron chi connectivity index (χ0n) is 26.2. The molecule has 3 amide bonds. The molecule has 1 aromatic carbocycles. The maximum Gasteiger partial charge on any atom is 0.243 e. The van der Waals surface area contributed by atoms with Crippen LogP contribution in [0.3, 0.4) is 0 Å². The summed E-state index contributed by atoms with van der Waals surface area (Å²) in [6.45, 7) is 5.59. The number of allylic oxidation sites excluding steroid dienone is 1. The molecule has 1 aliphatic carbocycles. The van der Waals surface area contributed by atoms with Gasteiger partial charge in [-0.05, 0) is 70.1 Å². The number of ether oxygens (including phenoxy) is 2. The Bertz CT molecular complexity index is 1410. The van der Waals surface area contributed by atoms with Gasteiger partial charge in [0, 0.05) is 30.6 Å². The number of hydrogen-bond donors (Lipinski definition) is 3. The predicted octanol–water partition coefficient (Wildman–Crippen LogP) is 2.87. The van der Waals surface area contributed by atoms with Crippen LogP contribution in [-0.2, 0) is 36.8 Å². The molecule has 0 saturated carbocycles. The number of carbonyl (C=O) groups is 4. The summed E-state index contributed by atoms with van der Waals surface area (Å²) in [5.74, 6) is -0.786. The Hall–Kier alpha value is -3.77. The van der Waals surface area contributed by atoms with Crippen LogP contribution in [0.1, 0.15) is 62.8 Å². The number of nitrogens with zero attached hydrogens (tertiary/aromatic N) is 2. The van der Waals surface area contributed by atoms with Gasteiger partial charge in [-0.15, -0.1) is 11.3 Å². The van der Waals surface area contributed by atoms with Gasteiger partial charge in [0.05, 0.1) is 26.2 Å². The van der Waals surface area contributed by atoms with Crippen molar-refractivity contribution in [3.05, 3.63) is 52.6 Å². The third-order valence-corrected chi connectivity index (χ3v) is 9.65. The highest BCUT2D eigenvalue weighted by atomic mass is 32.1. The van der Waals surface area contributed by atoms with Crippen LogP contribution in [0.2, 0.25) is 0 Å². The number of anilines is 1. The predicted molar refractivity (Wildman–Crippen MR) is 171 cm³/mol. The van der Waals surface area contributed by atoms with Crippen molar-refractivity contribution < 1.29 is 28.7 Å². The monoisotopic (exact) mass is 637 g/mol. The molecule has 12 heteroatoms. The number of Topliss-reactive ketones (excluding diaryl/α,β-unsaturated/α-hetero) is 1. The molecule has 4 atom stereocenters. The first-order chi connectivity index (χ1) is 21.6. The van der Waals surface area contributed by atoms with E-state index in [4.69, 9.17) is 9.47 Å². The molecule has 3 N–H and O–H groups in total. The number of hydrogen-bond acceptors (Lipinski definition) is 9. The maximum atomic E-state index is 13.8. The lowest BCUT2D eigenvalue weighted by Crippen LogP contribution is -2.56. The Morgan fingerprint density at radius 1 is 1.02 bits per heavy atom. The van der Waals surface area contributed by atoms with Crippen LogP contribution in [0.15, 0.2) is 42.1 Å². The van der Waals surface area contributed by atoms with E-state index < -0.39 is 35.5 Å². The van der Waals surface area contributed by atoms with Gasteiger partial charge in [-0.25, -0.2) is 4.98 Å². The van der Waals surface area contributed by atoms with E-state index in [9.17, 15) is 19.2 Å². The molecule has 2 fully saturated rings. The number of ketones is 1. The fourth-order valence-corrected chi connectivity index (χ4v) is 6.70. The first kappa shape index (κ1) is 32.6. The second kappa shape index (κ2) is 14.6. The molecule has 2 saturated heterocycles. The fraction of sp³-hybridized carbons (Fsp3) is 0.545. The Kier molecular flexibility index (Phi) is 10.5. The Balaban J connectivity index is 1.24. The van der Waals surface area contributed by atoms with E-state index in [0.29, 0.717) is 18.8 Å². The normalized spacial score (nSPS) is 21.0. The SMILES string of the molecule is COc1ccc(C[C@H](NC(=O)[C@H](C)NC(=O)Cc2cnc(N3CCCC3)s2)C(=O)N[C@@H](CC2=CCCC2)C(=O)[C@]2(C)CO2)cc1. The standard InChI is InChI=1S/C33H43N5O6S/c1-21(35-28(39)18-25-19-34-32(45-25)38-14-6-7-15-38)30(41)37-27(17-23-10-12-24(43-3)13-11-23)31(42)36-26(16-22-8-4-5-9-22)29(40)33(2)20-44-33/h8,10-13,19,21,26-27H,4-7,9,14-18,20H2,1-3H3,(H,35,39)(H,36,42)(H,37,41)/t21-,26-,27-,33-/m0/s1. The van der Waals surface area contributed by atoms with Crippen LogP contribution in [0.5, 0.6) is 5.75 Å². The van der Waals surface area contributed by atoms with Gasteiger partial charge in [-0.1, -0.05) is 23.8 Å². The first-order valence-electron chi connectivity index (χ1n) is 15.7. The van der Waals surface area contributed by atoms with E-state index >= 15 is 0 Å². The minimum absolute atomic E-state index is 0.110. The van der Waals surface area contributed by atoms with Gasteiger partial charge in [0.2, 0.25) is 17.7 Å². The summed E-state index contributed by atoms with van der Waals surface area (Å²) in [7, 11) is 1.57. The molecule has 11 nitrogen and oxygen atoms in total. The molecule has 45 heavy (non-hydrogen) atoms. The summed E-state index contributed by atoms with van der Waals surface area (Å²) in [5, 5.41) is 9.42. The largest absolute Gasteiger partial charge is 0.497 e. The lowest BCUT2D eigenvalue weighted by molar-refractivity contribution is -0.134. The number of aromatic nitrogens is 1. The second-order valence-electron chi connectivity index (χ2n) is 12.3. The Morgan fingerprint density at radius 2 is 1.73 bits per heavy atom. The zero-order valence-corrected chi connectivity index (χ0v) is 27.0. The number of epoxide rings is 1. The topological polar surface area (TPSA) is 142 Å². The van der Waals surface area contributed by atoms with E-state index in [1.165, 1.54) is 11.3 Å². The third kappa shape index (κ3) is 8.70. The molecule has 5 rings (SSSR count). The quantitative estimate of drug-likeness (QED) is 0.200. The number of thiazole rings is 1. The molecule has 242 valence electrons. The number of nitrogens with one attached hydrogen (secondary N) is 3. The molecule has 0 spiro atoms. The number of benzene rings is 1.